The molecule has 0 aliphatic heterocycles. The number of hydrogen-bond acceptors (Lipinski definition) is 6. The molecule has 0 aliphatic rings. The molecule has 0 fully saturated rings. The summed E-state index contributed by atoms with van der Waals surface area (Å²) in [6.07, 6.45) is 0. The molecule has 1 aromatic heterocycles. The lowest BCUT2D eigenvalue weighted by Crippen LogP contribution is -2.34. The minimum atomic E-state index is -2.55. The molecular weight excluding hydrogens is 392 g/mol. The van der Waals surface area contributed by atoms with Gasteiger partial charge in [0.1, 0.15) is 12.2 Å². The predicted molar refractivity (Wildman–Crippen MR) is 97.3 cm³/mol. The van der Waals surface area contributed by atoms with Crippen LogP contribution >= 0.6 is 11.8 Å². The number of halogens is 2. The van der Waals surface area contributed by atoms with Gasteiger partial charge in [0.05, 0.1) is 11.4 Å². The zero-order valence-corrected chi connectivity index (χ0v) is 14.9. The third kappa shape index (κ3) is 4.34. The molecule has 0 aliphatic carbocycles. The summed E-state index contributed by atoms with van der Waals surface area (Å²) in [6, 6.07) is 11.7. The minimum Gasteiger partial charge on any atom is -0.543 e. The summed E-state index contributed by atoms with van der Waals surface area (Å²) in [7, 11) is 0. The maximum atomic E-state index is 12.5. The summed E-state index contributed by atoms with van der Waals surface area (Å²) in [5.74, 6) is -4.76. The van der Waals surface area contributed by atoms with Crippen LogP contribution in [0, 0.1) is 0 Å². The van der Waals surface area contributed by atoms with Gasteiger partial charge in [-0.25, -0.2) is 4.68 Å². The number of fused-ring (bicyclic) bond motifs is 1. The van der Waals surface area contributed by atoms with Crippen molar-refractivity contribution in [2.24, 2.45) is 0 Å². The van der Waals surface area contributed by atoms with Crippen LogP contribution in [0.1, 0.15) is 10.5 Å². The van der Waals surface area contributed by atoms with Crippen LogP contribution in [-0.4, -0.2) is 27.4 Å². The Morgan fingerprint density at radius 2 is 1.75 bits per heavy atom. The number of benzene rings is 2. The smallest absolute Gasteiger partial charge is 0.288 e. The van der Waals surface area contributed by atoms with Crippen LogP contribution in [0.2, 0.25) is 0 Å². The fourth-order valence-corrected chi connectivity index (χ4v) is 3.05. The van der Waals surface area contributed by atoms with E-state index in [-0.39, 0.29) is 10.8 Å². The first kappa shape index (κ1) is 19.5. The number of carboxylic acid groups (broad SMARTS) is 1. The lowest BCUT2D eigenvalue weighted by molar-refractivity contribution is -0.255. The van der Waals surface area contributed by atoms with Gasteiger partial charge in [-0.15, -0.1) is 0 Å². The van der Waals surface area contributed by atoms with E-state index in [1.807, 2.05) is 0 Å². The van der Waals surface area contributed by atoms with Crippen LogP contribution in [0.4, 0.5) is 14.5 Å². The average Bonchev–Trinajstić information content (AvgIpc) is 2.65. The molecular formula is C18H12F2N3O4S-. The predicted octanol–water partition coefficient (Wildman–Crippen LogP) is 1.71. The van der Waals surface area contributed by atoms with Gasteiger partial charge in [-0.05, 0) is 30.3 Å². The third-order valence-electron chi connectivity index (χ3n) is 3.72. The van der Waals surface area contributed by atoms with Crippen molar-refractivity contribution in [3.05, 3.63) is 64.6 Å². The van der Waals surface area contributed by atoms with Gasteiger partial charge in [0, 0.05) is 16.0 Å². The van der Waals surface area contributed by atoms with Gasteiger partial charge >= 0.3 is 0 Å². The minimum absolute atomic E-state index is 0.0953. The number of alkyl halides is 2. The Bertz CT molecular complexity index is 1100. The maximum Gasteiger partial charge on any atom is 0.288 e. The molecule has 1 N–H and O–H groups in total. The number of hydrogen-bond donors (Lipinski definition) is 1. The van der Waals surface area contributed by atoms with Gasteiger partial charge in [0.15, 0.2) is 0 Å². The molecule has 3 aromatic rings. The number of carboxylic acids is 1. The number of rotatable bonds is 6. The van der Waals surface area contributed by atoms with Crippen molar-refractivity contribution in [3.63, 3.8) is 0 Å². The van der Waals surface area contributed by atoms with Crippen molar-refractivity contribution in [2.75, 3.05) is 5.32 Å². The molecule has 0 spiro atoms. The standard InChI is InChI=1S/C18H13F2N3O4S/c19-18(20)28-11-7-5-10(6-8-11)21-14(24)9-23-16(25)13-4-2-1-3-12(13)15(22-23)17(26)27/h1-8,18H,9H2,(H,21,24)(H,26,27)/p-1. The largest absolute Gasteiger partial charge is 0.543 e. The molecule has 7 nitrogen and oxygen atoms in total. The highest BCUT2D eigenvalue weighted by Crippen LogP contribution is 2.26. The van der Waals surface area contributed by atoms with Crippen LogP contribution in [0.3, 0.4) is 0 Å². The Hall–Kier alpha value is -3.27. The van der Waals surface area contributed by atoms with E-state index in [9.17, 15) is 28.3 Å². The number of thioether (sulfide) groups is 1. The van der Waals surface area contributed by atoms with E-state index in [1.54, 1.807) is 12.1 Å². The van der Waals surface area contributed by atoms with E-state index in [4.69, 9.17) is 0 Å². The zero-order valence-electron chi connectivity index (χ0n) is 14.1. The number of nitrogens with zero attached hydrogens (tertiary/aromatic N) is 2. The molecule has 0 unspecified atom stereocenters. The number of carbonyl (C=O) groups is 2. The van der Waals surface area contributed by atoms with Gasteiger partial charge in [-0.2, -0.15) is 13.9 Å². The van der Waals surface area contributed by atoms with E-state index >= 15 is 0 Å². The van der Waals surface area contributed by atoms with Crippen LogP contribution in [0.15, 0.2) is 58.2 Å². The second-order valence-corrected chi connectivity index (χ2v) is 6.66. The van der Waals surface area contributed by atoms with Crippen molar-refractivity contribution in [1.29, 1.82) is 0 Å². The second kappa shape index (κ2) is 8.17. The quantitative estimate of drug-likeness (QED) is 0.628. The van der Waals surface area contributed by atoms with Crippen molar-refractivity contribution < 1.29 is 23.5 Å². The van der Waals surface area contributed by atoms with E-state index < -0.39 is 35.4 Å². The molecule has 144 valence electrons. The van der Waals surface area contributed by atoms with Gasteiger partial charge in [-0.1, -0.05) is 30.0 Å². The number of anilines is 1. The Morgan fingerprint density at radius 1 is 1.11 bits per heavy atom. The van der Waals surface area contributed by atoms with E-state index in [0.29, 0.717) is 22.3 Å². The molecule has 0 saturated heterocycles. The van der Waals surface area contributed by atoms with Crippen LogP contribution in [0.25, 0.3) is 10.8 Å². The fraction of sp³-hybridized carbons (Fsp3) is 0.111. The summed E-state index contributed by atoms with van der Waals surface area (Å²) in [5, 5.41) is 17.8. The van der Waals surface area contributed by atoms with Gasteiger partial charge in [0.25, 0.3) is 11.3 Å². The van der Waals surface area contributed by atoms with Gasteiger partial charge in [-0.3, -0.25) is 9.59 Å². The molecule has 2 aromatic carbocycles. The van der Waals surface area contributed by atoms with Gasteiger partial charge in [0.2, 0.25) is 5.91 Å². The highest BCUT2D eigenvalue weighted by Gasteiger charge is 2.14. The molecule has 1 heterocycles. The Labute approximate surface area is 161 Å². The van der Waals surface area contributed by atoms with Crippen molar-refractivity contribution in [2.45, 2.75) is 17.2 Å². The maximum absolute atomic E-state index is 12.5. The number of nitrogens with one attached hydrogen (secondary N) is 1. The van der Waals surface area contributed by atoms with Crippen LogP contribution in [0.5, 0.6) is 0 Å². The average molecular weight is 404 g/mol. The number of aromatic carboxylic acids is 1. The van der Waals surface area contributed by atoms with E-state index in [0.717, 1.165) is 4.68 Å². The first-order valence-corrected chi connectivity index (χ1v) is 8.79. The normalized spacial score (nSPS) is 11.0. The first-order valence-electron chi connectivity index (χ1n) is 7.91. The molecule has 1 amide bonds. The molecule has 28 heavy (non-hydrogen) atoms. The second-order valence-electron chi connectivity index (χ2n) is 5.60. The summed E-state index contributed by atoms with van der Waals surface area (Å²) < 4.78 is 25.4. The third-order valence-corrected chi connectivity index (χ3v) is 4.44. The Kier molecular flexibility index (Phi) is 5.69. The zero-order chi connectivity index (χ0) is 20.3. The molecule has 0 atom stereocenters. The highest BCUT2D eigenvalue weighted by atomic mass is 32.2. The number of aromatic nitrogens is 2. The number of carbonyl (C=O) groups excluding carboxylic acids is 2. The Balaban J connectivity index is 1.82. The summed E-state index contributed by atoms with van der Waals surface area (Å²) in [6.45, 7) is -0.530. The van der Waals surface area contributed by atoms with E-state index in [1.165, 1.54) is 36.4 Å². The molecule has 3 rings (SSSR count). The van der Waals surface area contributed by atoms with Crippen LogP contribution < -0.4 is 16.0 Å². The summed E-state index contributed by atoms with van der Waals surface area (Å²) >= 11 is 0.373. The molecule has 0 saturated carbocycles. The van der Waals surface area contributed by atoms with Crippen molar-refractivity contribution >= 4 is 40.1 Å². The van der Waals surface area contributed by atoms with Gasteiger partial charge < -0.3 is 15.2 Å². The van der Waals surface area contributed by atoms with Crippen molar-refractivity contribution in [1.82, 2.24) is 9.78 Å². The highest BCUT2D eigenvalue weighted by molar-refractivity contribution is 7.99. The first-order chi connectivity index (χ1) is 13.3. The summed E-state index contributed by atoms with van der Waals surface area (Å²) in [4.78, 5) is 36.3. The monoisotopic (exact) mass is 404 g/mol. The summed E-state index contributed by atoms with van der Waals surface area (Å²) in [5.41, 5.74) is -0.742. The fourth-order valence-electron chi connectivity index (χ4n) is 2.55. The topological polar surface area (TPSA) is 104 Å². The lowest BCUT2D eigenvalue weighted by atomic mass is 10.1. The Morgan fingerprint density at radius 3 is 2.36 bits per heavy atom. The SMILES string of the molecule is O=C(Cn1nc(C(=O)[O-])c2ccccc2c1=O)Nc1ccc(SC(F)F)cc1. The number of amides is 1. The van der Waals surface area contributed by atoms with Crippen molar-refractivity contribution in [3.8, 4) is 0 Å². The molecule has 0 radical (unpaired) electrons. The lowest BCUT2D eigenvalue weighted by Gasteiger charge is -2.12. The molecule has 10 heteroatoms. The van der Waals surface area contributed by atoms with Crippen LogP contribution in [-0.2, 0) is 11.3 Å². The molecule has 0 bridgehead atoms. The van der Waals surface area contributed by atoms with E-state index in [2.05, 4.69) is 10.4 Å².